The summed E-state index contributed by atoms with van der Waals surface area (Å²) >= 11 is 0. The maximum Gasteiger partial charge on any atom is 0.232 e. The lowest BCUT2D eigenvalue weighted by molar-refractivity contribution is -0.119. The maximum absolute atomic E-state index is 11.8. The number of carbonyl (C=O) groups is 1. The van der Waals surface area contributed by atoms with Crippen LogP contribution in [0.5, 0.6) is 0 Å². The third-order valence-electron chi connectivity index (χ3n) is 2.30. The minimum absolute atomic E-state index is 0.111. The van der Waals surface area contributed by atoms with Crippen molar-refractivity contribution in [3.63, 3.8) is 0 Å². The normalized spacial score (nSPS) is 14.6. The molecule has 0 aliphatic heterocycles. The molecule has 1 amide bonds. The van der Waals surface area contributed by atoms with Crippen molar-refractivity contribution in [2.45, 2.75) is 52.6 Å². The van der Waals surface area contributed by atoms with Crippen molar-refractivity contribution in [1.29, 1.82) is 0 Å². The number of rotatable bonds is 9. The average molecular weight is 262 g/mol. The summed E-state index contributed by atoms with van der Waals surface area (Å²) in [5.74, 6) is 0.550. The Labute approximate surface area is 107 Å². The van der Waals surface area contributed by atoms with E-state index in [0.29, 0.717) is 5.75 Å². The van der Waals surface area contributed by atoms with Crippen molar-refractivity contribution in [3.8, 4) is 0 Å². The molecule has 102 valence electrons. The molecular formula is C12H26N2O2S. The predicted molar refractivity (Wildman–Crippen MR) is 73.5 cm³/mol. The van der Waals surface area contributed by atoms with E-state index in [-0.39, 0.29) is 23.7 Å². The zero-order valence-corrected chi connectivity index (χ0v) is 12.2. The van der Waals surface area contributed by atoms with Gasteiger partial charge in [0.05, 0.1) is 0 Å². The molecule has 0 saturated carbocycles. The van der Waals surface area contributed by atoms with Gasteiger partial charge in [-0.25, -0.2) is 0 Å². The quantitative estimate of drug-likeness (QED) is 0.653. The van der Waals surface area contributed by atoms with Gasteiger partial charge in [-0.3, -0.25) is 9.00 Å². The summed E-state index contributed by atoms with van der Waals surface area (Å²) < 4.78 is 11.8. The van der Waals surface area contributed by atoms with Gasteiger partial charge in [0.25, 0.3) is 0 Å². The number of hydrogen-bond donors (Lipinski definition) is 2. The van der Waals surface area contributed by atoms with E-state index in [0.717, 1.165) is 19.4 Å². The molecule has 0 radical (unpaired) electrons. The van der Waals surface area contributed by atoms with Gasteiger partial charge in [0.2, 0.25) is 5.91 Å². The van der Waals surface area contributed by atoms with Crippen LogP contribution in [-0.2, 0) is 15.6 Å². The first-order valence-corrected chi connectivity index (χ1v) is 7.86. The highest BCUT2D eigenvalue weighted by Crippen LogP contribution is 1.96. The number of hydrogen-bond acceptors (Lipinski definition) is 3. The molecule has 4 nitrogen and oxygen atoms in total. The van der Waals surface area contributed by atoms with Crippen molar-refractivity contribution in [2.75, 3.05) is 18.1 Å². The molecule has 5 heteroatoms. The van der Waals surface area contributed by atoms with Crippen LogP contribution in [0.1, 0.15) is 40.5 Å². The highest BCUT2D eigenvalue weighted by molar-refractivity contribution is 7.85. The van der Waals surface area contributed by atoms with Gasteiger partial charge < -0.3 is 10.6 Å². The van der Waals surface area contributed by atoms with Gasteiger partial charge in [-0.05, 0) is 33.2 Å². The summed E-state index contributed by atoms with van der Waals surface area (Å²) in [6.45, 7) is 8.91. The van der Waals surface area contributed by atoms with Crippen molar-refractivity contribution >= 4 is 16.7 Å². The second kappa shape index (κ2) is 9.59. The SMILES string of the molecule is CCCNC(CC)CS(=O)CC(=O)NC(C)C. The molecule has 0 aliphatic carbocycles. The van der Waals surface area contributed by atoms with Crippen LogP contribution in [0.3, 0.4) is 0 Å². The fraction of sp³-hybridized carbons (Fsp3) is 0.917. The average Bonchev–Trinajstić information content (AvgIpc) is 2.22. The van der Waals surface area contributed by atoms with Crippen LogP contribution < -0.4 is 10.6 Å². The van der Waals surface area contributed by atoms with E-state index in [1.165, 1.54) is 0 Å². The number of nitrogens with one attached hydrogen (secondary N) is 2. The Balaban J connectivity index is 3.93. The molecule has 2 N–H and O–H groups in total. The molecule has 0 spiro atoms. The van der Waals surface area contributed by atoms with Crippen LogP contribution in [0.15, 0.2) is 0 Å². The van der Waals surface area contributed by atoms with Crippen LogP contribution >= 0.6 is 0 Å². The summed E-state index contributed by atoms with van der Waals surface area (Å²) in [6.07, 6.45) is 2.01. The molecule has 0 bridgehead atoms. The summed E-state index contributed by atoms with van der Waals surface area (Å²) in [6, 6.07) is 0.363. The standard InChI is InChI=1S/C12H26N2O2S/c1-5-7-13-11(6-2)8-17(16)9-12(15)14-10(3)4/h10-11,13H,5-9H2,1-4H3,(H,14,15). The highest BCUT2D eigenvalue weighted by atomic mass is 32.2. The molecule has 2 unspecified atom stereocenters. The van der Waals surface area contributed by atoms with Crippen LogP contribution in [0.2, 0.25) is 0 Å². The molecule has 0 aromatic heterocycles. The molecule has 0 heterocycles. The van der Waals surface area contributed by atoms with Crippen molar-refractivity contribution in [1.82, 2.24) is 10.6 Å². The van der Waals surface area contributed by atoms with E-state index in [1.807, 2.05) is 13.8 Å². The largest absolute Gasteiger partial charge is 0.353 e. The zero-order chi connectivity index (χ0) is 13.3. The fourth-order valence-corrected chi connectivity index (χ4v) is 2.76. The van der Waals surface area contributed by atoms with E-state index in [2.05, 4.69) is 24.5 Å². The minimum Gasteiger partial charge on any atom is -0.353 e. The van der Waals surface area contributed by atoms with Gasteiger partial charge in [0, 0.05) is 28.6 Å². The van der Waals surface area contributed by atoms with E-state index < -0.39 is 10.8 Å². The lowest BCUT2D eigenvalue weighted by atomic mass is 10.2. The Morgan fingerprint density at radius 1 is 1.29 bits per heavy atom. The lowest BCUT2D eigenvalue weighted by Crippen LogP contribution is -2.38. The van der Waals surface area contributed by atoms with Gasteiger partial charge in [0.15, 0.2) is 0 Å². The third kappa shape index (κ3) is 9.30. The second-order valence-corrected chi connectivity index (χ2v) is 6.03. The van der Waals surface area contributed by atoms with Gasteiger partial charge in [-0.1, -0.05) is 13.8 Å². The predicted octanol–water partition coefficient (Wildman–Crippen LogP) is 1.04. The first-order chi connectivity index (χ1) is 7.99. The number of amides is 1. The Hall–Kier alpha value is -0.420. The highest BCUT2D eigenvalue weighted by Gasteiger charge is 2.13. The summed E-state index contributed by atoms with van der Waals surface area (Å²) in [5.41, 5.74) is 0. The molecule has 0 aromatic rings. The third-order valence-corrected chi connectivity index (χ3v) is 3.66. The molecular weight excluding hydrogens is 236 g/mol. The number of carbonyl (C=O) groups excluding carboxylic acids is 1. The van der Waals surface area contributed by atoms with E-state index in [9.17, 15) is 9.00 Å². The summed E-state index contributed by atoms with van der Waals surface area (Å²) in [5, 5.41) is 6.09. The Bertz CT molecular complexity index is 245. The first kappa shape index (κ1) is 16.6. The van der Waals surface area contributed by atoms with Gasteiger partial charge >= 0.3 is 0 Å². The fourth-order valence-electron chi connectivity index (χ4n) is 1.46. The molecule has 0 rings (SSSR count). The minimum atomic E-state index is -1.07. The van der Waals surface area contributed by atoms with Crippen molar-refractivity contribution in [3.05, 3.63) is 0 Å². The van der Waals surface area contributed by atoms with E-state index >= 15 is 0 Å². The molecule has 0 saturated heterocycles. The van der Waals surface area contributed by atoms with Crippen LogP contribution in [0.4, 0.5) is 0 Å². The molecule has 0 aromatic carbocycles. The molecule has 17 heavy (non-hydrogen) atoms. The Morgan fingerprint density at radius 2 is 1.94 bits per heavy atom. The van der Waals surface area contributed by atoms with Crippen LogP contribution in [0, 0.1) is 0 Å². The van der Waals surface area contributed by atoms with E-state index in [4.69, 9.17) is 0 Å². The summed E-state index contributed by atoms with van der Waals surface area (Å²) in [4.78, 5) is 11.4. The van der Waals surface area contributed by atoms with Crippen molar-refractivity contribution < 1.29 is 9.00 Å². The first-order valence-electron chi connectivity index (χ1n) is 6.37. The lowest BCUT2D eigenvalue weighted by Gasteiger charge is -2.16. The maximum atomic E-state index is 11.8. The van der Waals surface area contributed by atoms with Gasteiger partial charge in [-0.2, -0.15) is 0 Å². The second-order valence-electron chi connectivity index (χ2n) is 4.53. The molecule has 0 aliphatic rings. The molecule has 0 fully saturated rings. The summed E-state index contributed by atoms with van der Waals surface area (Å²) in [7, 11) is -1.07. The van der Waals surface area contributed by atoms with E-state index in [1.54, 1.807) is 0 Å². The van der Waals surface area contributed by atoms with Crippen LogP contribution in [0.25, 0.3) is 0 Å². The van der Waals surface area contributed by atoms with Gasteiger partial charge in [0.1, 0.15) is 5.75 Å². The monoisotopic (exact) mass is 262 g/mol. The van der Waals surface area contributed by atoms with Gasteiger partial charge in [-0.15, -0.1) is 0 Å². The van der Waals surface area contributed by atoms with Crippen LogP contribution in [-0.4, -0.2) is 40.3 Å². The molecule has 2 atom stereocenters. The van der Waals surface area contributed by atoms with Crippen molar-refractivity contribution in [2.24, 2.45) is 0 Å². The Morgan fingerprint density at radius 3 is 2.41 bits per heavy atom. The smallest absolute Gasteiger partial charge is 0.232 e. The Kier molecular flexibility index (Phi) is 9.36. The topological polar surface area (TPSA) is 58.2 Å². The zero-order valence-electron chi connectivity index (χ0n) is 11.4.